The summed E-state index contributed by atoms with van der Waals surface area (Å²) in [4.78, 5) is 0. The fourth-order valence-corrected chi connectivity index (χ4v) is 1.28. The van der Waals surface area contributed by atoms with Gasteiger partial charge in [-0.15, -0.1) is 0 Å². The van der Waals surface area contributed by atoms with Crippen molar-refractivity contribution < 1.29 is 34.4 Å². The monoisotopic (exact) mass is 319 g/mol. The van der Waals surface area contributed by atoms with Crippen molar-refractivity contribution in [3.05, 3.63) is 0 Å². The third kappa shape index (κ3) is 17.9. The average Bonchev–Trinajstić information content (AvgIpc) is 2.10. The SMILES string of the molecule is CC[N+](C)(CC)C(C)OC(C)C.F[P-](F)(F)(F)(F)F. The molecule has 0 aromatic carbocycles. The molecule has 0 aromatic rings. The molecule has 0 saturated carbocycles. The predicted octanol–water partition coefficient (Wildman–Crippen LogP) is 5.63. The summed E-state index contributed by atoms with van der Waals surface area (Å²) in [6, 6.07) is 0. The van der Waals surface area contributed by atoms with Crippen LogP contribution in [0.1, 0.15) is 34.6 Å². The van der Waals surface area contributed by atoms with E-state index in [1.54, 1.807) is 0 Å². The van der Waals surface area contributed by atoms with E-state index in [2.05, 4.69) is 41.7 Å². The Bertz CT molecular complexity index is 260. The van der Waals surface area contributed by atoms with E-state index in [9.17, 15) is 25.2 Å². The van der Waals surface area contributed by atoms with Gasteiger partial charge in [-0.1, -0.05) is 0 Å². The number of nitrogens with zero attached hydrogens (tertiary/aromatic N) is 1. The van der Waals surface area contributed by atoms with E-state index in [-0.39, 0.29) is 0 Å². The van der Waals surface area contributed by atoms with Crippen LogP contribution in [0, 0.1) is 0 Å². The molecule has 0 saturated heterocycles. The fraction of sp³-hybridized carbons (Fsp3) is 1.00. The Labute approximate surface area is 110 Å². The molecule has 19 heavy (non-hydrogen) atoms. The second-order valence-electron chi connectivity index (χ2n) is 4.85. The first-order valence-corrected chi connectivity index (χ1v) is 8.00. The first-order valence-electron chi connectivity index (χ1n) is 5.97. The van der Waals surface area contributed by atoms with Crippen molar-refractivity contribution in [1.82, 2.24) is 0 Å². The van der Waals surface area contributed by atoms with Gasteiger partial charge in [0.2, 0.25) is 0 Å². The second-order valence-corrected chi connectivity index (χ2v) is 6.77. The molecule has 2 nitrogen and oxygen atoms in total. The number of hydrogen-bond acceptors (Lipinski definition) is 1. The summed E-state index contributed by atoms with van der Waals surface area (Å²) in [5, 5.41) is 0. The minimum absolute atomic E-state index is 0.306. The first-order chi connectivity index (χ1) is 7.91. The summed E-state index contributed by atoms with van der Waals surface area (Å²) in [6.45, 7) is 13.0. The molecule has 0 aromatic heterocycles. The minimum atomic E-state index is -10.7. The Morgan fingerprint density at radius 3 is 1.32 bits per heavy atom. The van der Waals surface area contributed by atoms with Crippen LogP contribution >= 0.6 is 7.81 Å². The molecular weight excluding hydrogens is 295 g/mol. The Morgan fingerprint density at radius 2 is 1.16 bits per heavy atom. The standard InChI is InChI=1S/C10H24NO.F6P/c1-7-11(6,8-2)10(5)12-9(3)4;1-7(2,3,4,5)6/h9-10H,7-8H2,1-6H3;/q+1;-1. The molecule has 9 heteroatoms. The molecule has 0 rings (SSSR count). The van der Waals surface area contributed by atoms with Crippen LogP contribution in [0.15, 0.2) is 0 Å². The molecule has 0 aliphatic rings. The molecule has 0 N–H and O–H groups in total. The van der Waals surface area contributed by atoms with Crippen LogP contribution in [-0.4, -0.2) is 37.0 Å². The molecule has 1 unspecified atom stereocenters. The molecule has 0 heterocycles. The van der Waals surface area contributed by atoms with E-state index < -0.39 is 7.81 Å². The van der Waals surface area contributed by atoms with Gasteiger partial charge in [0.1, 0.15) is 0 Å². The topological polar surface area (TPSA) is 9.23 Å². The van der Waals surface area contributed by atoms with E-state index in [0.29, 0.717) is 12.3 Å². The van der Waals surface area contributed by atoms with Gasteiger partial charge in [-0.3, -0.25) is 0 Å². The van der Waals surface area contributed by atoms with Gasteiger partial charge in [0.25, 0.3) is 0 Å². The summed E-state index contributed by atoms with van der Waals surface area (Å²) in [5.74, 6) is 0. The van der Waals surface area contributed by atoms with E-state index in [1.807, 2.05) is 0 Å². The van der Waals surface area contributed by atoms with Crippen LogP contribution in [0.5, 0.6) is 0 Å². The maximum absolute atomic E-state index is 10.7. The molecular formula is C10H24F6NOP. The van der Waals surface area contributed by atoms with Crippen molar-refractivity contribution in [2.24, 2.45) is 0 Å². The van der Waals surface area contributed by atoms with Gasteiger partial charge in [0.15, 0.2) is 6.23 Å². The van der Waals surface area contributed by atoms with E-state index in [1.165, 1.54) is 0 Å². The summed E-state index contributed by atoms with van der Waals surface area (Å²) < 4.78 is 66.0. The molecule has 0 spiro atoms. The summed E-state index contributed by atoms with van der Waals surface area (Å²) in [7, 11) is -8.41. The third-order valence-corrected chi connectivity index (χ3v) is 2.79. The molecule has 0 aliphatic heterocycles. The molecule has 122 valence electrons. The van der Waals surface area contributed by atoms with Crippen molar-refractivity contribution in [2.75, 3.05) is 20.1 Å². The van der Waals surface area contributed by atoms with Gasteiger partial charge in [-0.2, -0.15) is 0 Å². The second kappa shape index (κ2) is 5.74. The van der Waals surface area contributed by atoms with Crippen molar-refractivity contribution >= 4 is 7.81 Å². The maximum atomic E-state index is 9.87. The van der Waals surface area contributed by atoms with Crippen LogP contribution in [0.2, 0.25) is 0 Å². The van der Waals surface area contributed by atoms with Crippen LogP contribution in [0.4, 0.5) is 25.2 Å². The Balaban J connectivity index is 0. The zero-order valence-electron chi connectivity index (χ0n) is 12.1. The van der Waals surface area contributed by atoms with E-state index >= 15 is 0 Å². The molecule has 0 bridgehead atoms. The normalized spacial score (nSPS) is 18.2. The van der Waals surface area contributed by atoms with Gasteiger partial charge in [0.05, 0.1) is 26.2 Å². The fourth-order valence-electron chi connectivity index (χ4n) is 1.28. The van der Waals surface area contributed by atoms with E-state index in [0.717, 1.165) is 17.6 Å². The Hall–Kier alpha value is -0.0700. The first kappa shape index (κ1) is 21.2. The van der Waals surface area contributed by atoms with E-state index in [4.69, 9.17) is 4.74 Å². The number of hydrogen-bond donors (Lipinski definition) is 0. The molecule has 0 fully saturated rings. The molecule has 0 amide bonds. The van der Waals surface area contributed by atoms with Crippen molar-refractivity contribution in [1.29, 1.82) is 0 Å². The van der Waals surface area contributed by atoms with Gasteiger partial charge < -0.3 is 9.22 Å². The van der Waals surface area contributed by atoms with Gasteiger partial charge in [-0.05, 0) is 27.7 Å². The molecule has 1 atom stereocenters. The van der Waals surface area contributed by atoms with Crippen molar-refractivity contribution in [3.63, 3.8) is 0 Å². The Kier molecular flexibility index (Phi) is 6.41. The molecule has 0 aliphatic carbocycles. The van der Waals surface area contributed by atoms with Crippen LogP contribution in [0.3, 0.4) is 0 Å². The van der Waals surface area contributed by atoms with Crippen LogP contribution < -0.4 is 0 Å². The third-order valence-electron chi connectivity index (χ3n) is 2.79. The number of ether oxygens (including phenoxy) is 1. The summed E-state index contributed by atoms with van der Waals surface area (Å²) in [6.07, 6.45) is 0.635. The van der Waals surface area contributed by atoms with Crippen molar-refractivity contribution in [3.8, 4) is 0 Å². The molecule has 0 radical (unpaired) electrons. The van der Waals surface area contributed by atoms with Gasteiger partial charge in [-0.25, -0.2) is 0 Å². The quantitative estimate of drug-likeness (QED) is 0.276. The number of quaternary nitrogens is 1. The number of rotatable bonds is 5. The predicted molar refractivity (Wildman–Crippen MR) is 66.5 cm³/mol. The summed E-state index contributed by atoms with van der Waals surface area (Å²) in [5.41, 5.74) is 0. The zero-order chi connectivity index (χ0) is 16.2. The van der Waals surface area contributed by atoms with Gasteiger partial charge in [0, 0.05) is 6.92 Å². The summed E-state index contributed by atoms with van der Waals surface area (Å²) >= 11 is 0. The van der Waals surface area contributed by atoms with Gasteiger partial charge >= 0.3 is 33.0 Å². The van der Waals surface area contributed by atoms with Crippen LogP contribution in [0.25, 0.3) is 0 Å². The average molecular weight is 319 g/mol. The van der Waals surface area contributed by atoms with Crippen LogP contribution in [-0.2, 0) is 4.74 Å². The van der Waals surface area contributed by atoms with Crippen molar-refractivity contribution in [2.45, 2.75) is 47.0 Å². The Morgan fingerprint density at radius 1 is 0.895 bits per heavy atom. The number of halogens is 6. The zero-order valence-corrected chi connectivity index (χ0v) is 13.0.